The van der Waals surface area contributed by atoms with Crippen molar-refractivity contribution in [1.82, 2.24) is 20.4 Å². The molecular weight excluding hydrogens is 328 g/mol. The zero-order valence-corrected chi connectivity index (χ0v) is 15.4. The highest BCUT2D eigenvalue weighted by atomic mass is 16.5. The fourth-order valence-corrected chi connectivity index (χ4v) is 2.99. The molecule has 1 amide bonds. The highest BCUT2D eigenvalue weighted by Crippen LogP contribution is 2.30. The summed E-state index contributed by atoms with van der Waals surface area (Å²) in [4.78, 5) is 19.0. The molecule has 0 spiro atoms. The minimum atomic E-state index is 0.0326. The molecule has 0 atom stereocenters. The first kappa shape index (κ1) is 17.2. The van der Waals surface area contributed by atoms with Gasteiger partial charge in [0, 0.05) is 30.1 Å². The van der Waals surface area contributed by atoms with Gasteiger partial charge in [-0.25, -0.2) is 0 Å². The van der Waals surface area contributed by atoms with Gasteiger partial charge in [0.2, 0.25) is 5.89 Å². The number of carbonyl (C=O) groups excluding carboxylic acids is 1. The minimum Gasteiger partial charge on any atom is -0.349 e. The maximum absolute atomic E-state index is 12.1. The number of rotatable bonds is 8. The lowest BCUT2D eigenvalue weighted by Crippen LogP contribution is -2.26. The standard InChI is InChI=1S/C20H26N4O2/c1-13(2)19-22-18(26-23-19)12-24(17-9-10-17)11-14-3-5-15(6-4-14)20(25)21-16-7-8-16/h3-6,13,16-17H,7-12H2,1-2H3,(H,21,25). The molecular formula is C20H26N4O2. The third-order valence-electron chi connectivity index (χ3n) is 4.92. The number of amides is 1. The van der Waals surface area contributed by atoms with E-state index in [1.807, 2.05) is 24.3 Å². The van der Waals surface area contributed by atoms with Gasteiger partial charge in [-0.2, -0.15) is 4.98 Å². The van der Waals surface area contributed by atoms with E-state index in [2.05, 4.69) is 34.2 Å². The Bertz CT molecular complexity index is 760. The summed E-state index contributed by atoms with van der Waals surface area (Å²) in [6.45, 7) is 5.63. The van der Waals surface area contributed by atoms with Crippen LogP contribution < -0.4 is 5.32 Å². The second kappa shape index (κ2) is 7.19. The van der Waals surface area contributed by atoms with E-state index in [1.165, 1.54) is 18.4 Å². The first-order chi connectivity index (χ1) is 12.6. The molecule has 2 aliphatic carbocycles. The van der Waals surface area contributed by atoms with Crippen LogP contribution in [0.3, 0.4) is 0 Å². The monoisotopic (exact) mass is 354 g/mol. The molecule has 1 aromatic heterocycles. The van der Waals surface area contributed by atoms with Crippen molar-refractivity contribution in [3.63, 3.8) is 0 Å². The topological polar surface area (TPSA) is 71.3 Å². The van der Waals surface area contributed by atoms with Gasteiger partial charge in [0.1, 0.15) is 0 Å². The first-order valence-corrected chi connectivity index (χ1v) is 9.55. The van der Waals surface area contributed by atoms with Gasteiger partial charge in [0.05, 0.1) is 6.54 Å². The lowest BCUT2D eigenvalue weighted by Gasteiger charge is -2.20. The normalized spacial score (nSPS) is 17.1. The third kappa shape index (κ3) is 4.30. The molecule has 6 heteroatoms. The van der Waals surface area contributed by atoms with Crippen LogP contribution in [0.4, 0.5) is 0 Å². The Morgan fingerprint density at radius 1 is 1.19 bits per heavy atom. The number of hydrogen-bond donors (Lipinski definition) is 1. The Morgan fingerprint density at radius 3 is 2.50 bits per heavy atom. The molecule has 2 fully saturated rings. The van der Waals surface area contributed by atoms with E-state index in [9.17, 15) is 4.79 Å². The Hall–Kier alpha value is -2.21. The number of aromatic nitrogens is 2. The quantitative estimate of drug-likeness (QED) is 0.788. The SMILES string of the molecule is CC(C)c1noc(CN(Cc2ccc(C(=O)NC3CC3)cc2)C2CC2)n1. The fourth-order valence-electron chi connectivity index (χ4n) is 2.99. The van der Waals surface area contributed by atoms with Gasteiger partial charge in [-0.05, 0) is 43.4 Å². The van der Waals surface area contributed by atoms with Crippen molar-refractivity contribution in [3.8, 4) is 0 Å². The average Bonchev–Trinajstić information content (AvgIpc) is 3.55. The molecule has 0 radical (unpaired) electrons. The van der Waals surface area contributed by atoms with Crippen molar-refractivity contribution in [3.05, 3.63) is 47.1 Å². The van der Waals surface area contributed by atoms with Gasteiger partial charge in [0.25, 0.3) is 5.91 Å². The van der Waals surface area contributed by atoms with Crippen molar-refractivity contribution in [1.29, 1.82) is 0 Å². The highest BCUT2D eigenvalue weighted by Gasteiger charge is 2.30. The summed E-state index contributed by atoms with van der Waals surface area (Å²) in [6.07, 6.45) is 4.64. The van der Waals surface area contributed by atoms with E-state index in [-0.39, 0.29) is 11.8 Å². The van der Waals surface area contributed by atoms with Crippen LogP contribution in [0.1, 0.15) is 73.1 Å². The van der Waals surface area contributed by atoms with E-state index >= 15 is 0 Å². The summed E-state index contributed by atoms with van der Waals surface area (Å²) in [5.74, 6) is 1.75. The van der Waals surface area contributed by atoms with Gasteiger partial charge < -0.3 is 9.84 Å². The maximum atomic E-state index is 12.1. The Balaban J connectivity index is 1.38. The fraction of sp³-hybridized carbons (Fsp3) is 0.550. The van der Waals surface area contributed by atoms with E-state index in [0.29, 0.717) is 24.5 Å². The molecule has 6 nitrogen and oxygen atoms in total. The van der Waals surface area contributed by atoms with Gasteiger partial charge in [0.15, 0.2) is 5.82 Å². The smallest absolute Gasteiger partial charge is 0.251 e. The summed E-state index contributed by atoms with van der Waals surface area (Å²) in [5, 5.41) is 7.08. The molecule has 1 N–H and O–H groups in total. The lowest BCUT2D eigenvalue weighted by atomic mass is 10.1. The van der Waals surface area contributed by atoms with Gasteiger partial charge in [-0.15, -0.1) is 0 Å². The van der Waals surface area contributed by atoms with Crippen LogP contribution >= 0.6 is 0 Å². The molecule has 4 rings (SSSR count). The molecule has 2 aliphatic rings. The van der Waals surface area contributed by atoms with Crippen molar-refractivity contribution in [2.24, 2.45) is 0 Å². The Kier molecular flexibility index (Phi) is 4.76. The Morgan fingerprint density at radius 2 is 1.92 bits per heavy atom. The molecule has 0 unspecified atom stereocenters. The predicted octanol–water partition coefficient (Wildman–Crippen LogP) is 3.25. The molecule has 1 heterocycles. The first-order valence-electron chi connectivity index (χ1n) is 9.55. The number of benzene rings is 1. The molecule has 2 aromatic rings. The number of hydrogen-bond acceptors (Lipinski definition) is 5. The van der Waals surface area contributed by atoms with Crippen molar-refractivity contribution >= 4 is 5.91 Å². The summed E-state index contributed by atoms with van der Waals surface area (Å²) in [7, 11) is 0. The zero-order chi connectivity index (χ0) is 18.1. The molecule has 26 heavy (non-hydrogen) atoms. The van der Waals surface area contributed by atoms with Crippen LogP contribution in [0.25, 0.3) is 0 Å². The number of nitrogens with zero attached hydrogens (tertiary/aromatic N) is 3. The van der Waals surface area contributed by atoms with Crippen LogP contribution in [0.5, 0.6) is 0 Å². The number of nitrogens with one attached hydrogen (secondary N) is 1. The molecule has 0 aliphatic heterocycles. The lowest BCUT2D eigenvalue weighted by molar-refractivity contribution is 0.0951. The molecule has 138 valence electrons. The minimum absolute atomic E-state index is 0.0326. The summed E-state index contributed by atoms with van der Waals surface area (Å²) < 4.78 is 5.41. The number of carbonyl (C=O) groups is 1. The average molecular weight is 354 g/mol. The largest absolute Gasteiger partial charge is 0.349 e. The molecule has 1 aromatic carbocycles. The van der Waals surface area contributed by atoms with E-state index in [1.54, 1.807) is 0 Å². The van der Waals surface area contributed by atoms with Crippen molar-refractivity contribution < 1.29 is 9.32 Å². The van der Waals surface area contributed by atoms with E-state index in [4.69, 9.17) is 4.52 Å². The predicted molar refractivity (Wildman–Crippen MR) is 97.6 cm³/mol. The Labute approximate surface area is 154 Å². The zero-order valence-electron chi connectivity index (χ0n) is 15.4. The molecule has 0 bridgehead atoms. The maximum Gasteiger partial charge on any atom is 0.251 e. The summed E-state index contributed by atoms with van der Waals surface area (Å²) in [5.41, 5.74) is 1.93. The van der Waals surface area contributed by atoms with Crippen molar-refractivity contribution in [2.45, 2.75) is 70.6 Å². The van der Waals surface area contributed by atoms with Gasteiger partial charge in [-0.1, -0.05) is 31.1 Å². The van der Waals surface area contributed by atoms with Crippen molar-refractivity contribution in [2.75, 3.05) is 0 Å². The third-order valence-corrected chi connectivity index (χ3v) is 4.92. The van der Waals surface area contributed by atoms with Crippen LogP contribution in [-0.4, -0.2) is 33.0 Å². The van der Waals surface area contributed by atoms with Crippen LogP contribution in [0, 0.1) is 0 Å². The summed E-state index contributed by atoms with van der Waals surface area (Å²) in [6, 6.07) is 8.90. The second-order valence-corrected chi connectivity index (χ2v) is 7.78. The summed E-state index contributed by atoms with van der Waals surface area (Å²) >= 11 is 0. The van der Waals surface area contributed by atoms with E-state index in [0.717, 1.165) is 30.8 Å². The van der Waals surface area contributed by atoms with Crippen LogP contribution in [-0.2, 0) is 13.1 Å². The highest BCUT2D eigenvalue weighted by molar-refractivity contribution is 5.94. The second-order valence-electron chi connectivity index (χ2n) is 7.78. The van der Waals surface area contributed by atoms with E-state index < -0.39 is 0 Å². The molecule has 2 saturated carbocycles. The van der Waals surface area contributed by atoms with Gasteiger partial charge in [-0.3, -0.25) is 9.69 Å². The van der Waals surface area contributed by atoms with Gasteiger partial charge >= 0.3 is 0 Å². The van der Waals surface area contributed by atoms with Crippen LogP contribution in [0.2, 0.25) is 0 Å². The van der Waals surface area contributed by atoms with Crippen LogP contribution in [0.15, 0.2) is 28.8 Å². The molecule has 0 saturated heterocycles.